The van der Waals surface area contributed by atoms with Crippen LogP contribution in [0.1, 0.15) is 50.6 Å². The highest BCUT2D eigenvalue weighted by Crippen LogP contribution is 2.27. The van der Waals surface area contributed by atoms with Gasteiger partial charge in [0.05, 0.1) is 17.8 Å². The van der Waals surface area contributed by atoms with Crippen LogP contribution in [0.25, 0.3) is 0 Å². The summed E-state index contributed by atoms with van der Waals surface area (Å²) in [5.41, 5.74) is 1.91. The fourth-order valence-corrected chi connectivity index (χ4v) is 4.15. The number of esters is 1. The third-order valence-corrected chi connectivity index (χ3v) is 6.47. The van der Waals surface area contributed by atoms with Crippen molar-refractivity contribution in [3.63, 3.8) is 0 Å². The van der Waals surface area contributed by atoms with Gasteiger partial charge in [-0.1, -0.05) is 6.07 Å². The molecule has 3 aromatic rings. The molecule has 208 valence electrons. The predicted molar refractivity (Wildman–Crippen MR) is 127 cm³/mol. The van der Waals surface area contributed by atoms with E-state index < -0.39 is 30.1 Å². The lowest BCUT2D eigenvalue weighted by molar-refractivity contribution is -0.212. The Hall–Kier alpha value is -4.14. The summed E-state index contributed by atoms with van der Waals surface area (Å²) >= 11 is 0. The maximum atomic E-state index is 14.7. The summed E-state index contributed by atoms with van der Waals surface area (Å²) in [6.07, 6.45) is -6.40. The molecule has 0 spiro atoms. The molecule has 4 rings (SSSR count). The number of rotatable bonds is 6. The Morgan fingerprint density at radius 3 is 2.54 bits per heavy atom. The van der Waals surface area contributed by atoms with Crippen molar-refractivity contribution in [2.24, 2.45) is 0 Å². The first-order chi connectivity index (χ1) is 18.3. The van der Waals surface area contributed by atoms with Crippen molar-refractivity contribution in [1.82, 2.24) is 34.8 Å². The number of halogens is 4. The molecule has 1 unspecified atom stereocenters. The molecule has 1 atom stereocenters. The van der Waals surface area contributed by atoms with Crippen LogP contribution in [0.4, 0.5) is 17.6 Å². The lowest BCUT2D eigenvalue weighted by atomic mass is 10.0. The number of benzene rings is 1. The van der Waals surface area contributed by atoms with Crippen LogP contribution in [0, 0.1) is 19.7 Å². The predicted octanol–water partition coefficient (Wildman–Crippen LogP) is 2.03. The second-order valence-electron chi connectivity index (χ2n) is 9.31. The zero-order chi connectivity index (χ0) is 28.6. The number of hydrogen-bond acceptors (Lipinski definition) is 8. The molecule has 1 aromatic carbocycles. The van der Waals surface area contributed by atoms with Gasteiger partial charge in [-0.15, -0.1) is 10.2 Å². The number of hydrogen-bond donors (Lipinski definition) is 1. The number of alkyl halides is 3. The van der Waals surface area contributed by atoms with Crippen molar-refractivity contribution in [3.8, 4) is 0 Å². The maximum absolute atomic E-state index is 14.7. The molecule has 3 heterocycles. The van der Waals surface area contributed by atoms with Gasteiger partial charge in [0.15, 0.2) is 11.6 Å². The molecule has 0 saturated heterocycles. The van der Waals surface area contributed by atoms with Gasteiger partial charge < -0.3 is 14.2 Å². The Morgan fingerprint density at radius 1 is 1.15 bits per heavy atom. The van der Waals surface area contributed by atoms with Crippen LogP contribution in [0.3, 0.4) is 0 Å². The Labute approximate surface area is 219 Å². The summed E-state index contributed by atoms with van der Waals surface area (Å²) in [6, 6.07) is 4.12. The number of carbonyl (C=O) groups excluding carboxylic acids is 2. The van der Waals surface area contributed by atoms with Gasteiger partial charge in [0.25, 0.3) is 11.5 Å². The zero-order valence-corrected chi connectivity index (χ0v) is 21.5. The maximum Gasteiger partial charge on any atom is 0.490 e. The molecule has 0 radical (unpaired) electrons. The van der Waals surface area contributed by atoms with E-state index in [0.29, 0.717) is 22.4 Å². The van der Waals surface area contributed by atoms with Crippen molar-refractivity contribution >= 4 is 11.9 Å². The summed E-state index contributed by atoms with van der Waals surface area (Å²) in [7, 11) is 2.82. The van der Waals surface area contributed by atoms with Crippen LogP contribution in [-0.4, -0.2) is 73.5 Å². The van der Waals surface area contributed by atoms with Gasteiger partial charge in [0.2, 0.25) is 6.23 Å². The summed E-state index contributed by atoms with van der Waals surface area (Å²) < 4.78 is 59.1. The monoisotopic (exact) mass is 551 g/mol. The normalized spacial score (nSPS) is 14.3. The molecule has 15 heteroatoms. The summed E-state index contributed by atoms with van der Waals surface area (Å²) in [6.45, 7) is 3.49. The van der Waals surface area contributed by atoms with Gasteiger partial charge in [0, 0.05) is 25.1 Å². The number of aromatic amines is 1. The molecule has 1 N–H and O–H groups in total. The van der Waals surface area contributed by atoms with Gasteiger partial charge in [-0.25, -0.2) is 14.3 Å². The fraction of sp³-hybridized carbons (Fsp3) is 0.417. The van der Waals surface area contributed by atoms with E-state index in [2.05, 4.69) is 25.1 Å². The Balaban J connectivity index is 1.54. The molecule has 0 saturated carbocycles. The molecule has 11 nitrogen and oxygen atoms in total. The largest absolute Gasteiger partial charge is 0.490 e. The number of carbonyl (C=O) groups is 2. The Bertz CT molecular complexity index is 1480. The lowest BCUT2D eigenvalue weighted by Crippen LogP contribution is -2.40. The van der Waals surface area contributed by atoms with Gasteiger partial charge in [-0.05, 0) is 51.2 Å². The van der Waals surface area contributed by atoms with Gasteiger partial charge in [0.1, 0.15) is 5.82 Å². The van der Waals surface area contributed by atoms with E-state index >= 15 is 0 Å². The molecule has 0 bridgehead atoms. The molecule has 0 fully saturated rings. The van der Waals surface area contributed by atoms with E-state index in [1.54, 1.807) is 13.8 Å². The number of nitrogens with one attached hydrogen (secondary N) is 1. The highest BCUT2D eigenvalue weighted by molar-refractivity contribution is 5.94. The molecule has 2 aromatic heterocycles. The molecule has 0 aliphatic carbocycles. The highest BCUT2D eigenvalue weighted by Gasteiger charge is 2.44. The minimum atomic E-state index is -5.19. The van der Waals surface area contributed by atoms with Crippen LogP contribution >= 0.6 is 0 Å². The quantitative estimate of drug-likeness (QED) is 0.280. The molecular weight excluding hydrogens is 526 g/mol. The van der Waals surface area contributed by atoms with Crippen LogP contribution in [0.15, 0.2) is 23.0 Å². The standard InChI is InChI=1S/C24H25F4N7O4/c1-12-13(2)20(36)32-29-17(12)10-14-5-6-16(25)15(9-14)21(37)34-7-8-35-18(11-34)30-31-19(35)22(33(3)4)39-23(38)24(26,27)28/h5-6,9,22H,7-8,10-11H2,1-4H3,(H,32,36). The van der Waals surface area contributed by atoms with E-state index in [-0.39, 0.29) is 48.8 Å². The molecular formula is C24H25F4N7O4. The average Bonchev–Trinajstić information content (AvgIpc) is 3.30. The second-order valence-corrected chi connectivity index (χ2v) is 9.31. The summed E-state index contributed by atoms with van der Waals surface area (Å²) in [5.74, 6) is -3.51. The Morgan fingerprint density at radius 2 is 1.87 bits per heavy atom. The number of ether oxygens (including phenoxy) is 1. The Kier molecular flexibility index (Phi) is 7.54. The molecule has 1 amide bonds. The third kappa shape index (κ3) is 5.67. The number of H-pyrrole nitrogens is 1. The summed E-state index contributed by atoms with van der Waals surface area (Å²) in [5, 5.41) is 14.4. The van der Waals surface area contributed by atoms with Crippen LogP contribution in [0.2, 0.25) is 0 Å². The SMILES string of the molecule is Cc1c(Cc2ccc(F)c(C(=O)N3CCn4c(nnc4C(OC(=O)C(F)(F)F)N(C)C)C3)c2)n[nH]c(=O)c1C. The van der Waals surface area contributed by atoms with Gasteiger partial charge >= 0.3 is 12.1 Å². The fourth-order valence-electron chi connectivity index (χ4n) is 4.15. The molecule has 39 heavy (non-hydrogen) atoms. The van der Waals surface area contributed by atoms with Crippen molar-refractivity contribution in [2.75, 3.05) is 20.6 Å². The smallest absolute Gasteiger partial charge is 0.432 e. The second kappa shape index (κ2) is 10.6. The highest BCUT2D eigenvalue weighted by atomic mass is 19.4. The first-order valence-electron chi connectivity index (χ1n) is 11.8. The van der Waals surface area contributed by atoms with E-state index in [0.717, 1.165) is 0 Å². The van der Waals surface area contributed by atoms with E-state index in [4.69, 9.17) is 0 Å². The van der Waals surface area contributed by atoms with Crippen molar-refractivity contribution in [3.05, 3.63) is 74.0 Å². The van der Waals surface area contributed by atoms with E-state index in [1.807, 2.05) is 0 Å². The van der Waals surface area contributed by atoms with Crippen LogP contribution in [-0.2, 0) is 29.0 Å². The first-order valence-corrected chi connectivity index (χ1v) is 11.8. The van der Waals surface area contributed by atoms with Gasteiger partial charge in [-0.2, -0.15) is 18.3 Å². The minimum Gasteiger partial charge on any atom is -0.432 e. The first kappa shape index (κ1) is 27.9. The van der Waals surface area contributed by atoms with E-state index in [9.17, 15) is 31.9 Å². The van der Waals surface area contributed by atoms with E-state index in [1.165, 1.54) is 46.7 Å². The van der Waals surface area contributed by atoms with Crippen molar-refractivity contribution in [2.45, 2.75) is 45.8 Å². The number of aromatic nitrogens is 5. The van der Waals surface area contributed by atoms with Gasteiger partial charge in [-0.3, -0.25) is 14.5 Å². The van der Waals surface area contributed by atoms with Crippen LogP contribution in [0.5, 0.6) is 0 Å². The van der Waals surface area contributed by atoms with Crippen LogP contribution < -0.4 is 5.56 Å². The zero-order valence-electron chi connectivity index (χ0n) is 21.5. The van der Waals surface area contributed by atoms with Crippen molar-refractivity contribution < 1.29 is 31.9 Å². The van der Waals surface area contributed by atoms with Crippen molar-refractivity contribution in [1.29, 1.82) is 0 Å². The number of amides is 1. The number of fused-ring (bicyclic) bond motifs is 1. The molecule has 1 aliphatic rings. The summed E-state index contributed by atoms with van der Waals surface area (Å²) in [4.78, 5) is 39.0. The minimum absolute atomic E-state index is 0.0352. The average molecular weight is 552 g/mol. The topological polar surface area (TPSA) is 126 Å². The lowest BCUT2D eigenvalue weighted by Gasteiger charge is -2.30. The molecule has 1 aliphatic heterocycles. The third-order valence-electron chi connectivity index (χ3n) is 6.47. The number of nitrogens with zero attached hydrogens (tertiary/aromatic N) is 6.